The molecule has 0 aromatic carbocycles. The predicted octanol–water partition coefficient (Wildman–Crippen LogP) is 3.07. The molecular weight excluding hydrogens is 212 g/mol. The van der Waals surface area contributed by atoms with E-state index in [9.17, 15) is 0 Å². The van der Waals surface area contributed by atoms with Crippen LogP contribution in [0.25, 0.3) is 11.2 Å². The molecule has 0 bridgehead atoms. The fourth-order valence-corrected chi connectivity index (χ4v) is 2.19. The van der Waals surface area contributed by atoms with Crippen LogP contribution in [-0.2, 0) is 0 Å². The lowest BCUT2D eigenvalue weighted by molar-refractivity contribution is 0.499. The van der Waals surface area contributed by atoms with Gasteiger partial charge in [-0.15, -0.1) is 0 Å². The van der Waals surface area contributed by atoms with Gasteiger partial charge in [0.25, 0.3) is 0 Å². The SMILES string of the molecule is CCCCC(C)n1c(N)nc2c(C)ccnc21. The molecule has 0 aliphatic heterocycles. The maximum absolute atomic E-state index is 6.01. The quantitative estimate of drug-likeness (QED) is 0.881. The molecule has 0 amide bonds. The summed E-state index contributed by atoms with van der Waals surface area (Å²) in [6.07, 6.45) is 5.33. The second kappa shape index (κ2) is 4.73. The van der Waals surface area contributed by atoms with Crippen molar-refractivity contribution in [1.82, 2.24) is 14.5 Å². The van der Waals surface area contributed by atoms with Gasteiger partial charge in [0.15, 0.2) is 5.65 Å². The molecule has 2 aromatic heterocycles. The first-order valence-electron chi connectivity index (χ1n) is 6.24. The molecule has 0 aliphatic rings. The summed E-state index contributed by atoms with van der Waals surface area (Å²) in [5, 5.41) is 0. The molecule has 0 radical (unpaired) electrons. The summed E-state index contributed by atoms with van der Waals surface area (Å²) in [7, 11) is 0. The van der Waals surface area contributed by atoms with Crippen molar-refractivity contribution >= 4 is 17.1 Å². The van der Waals surface area contributed by atoms with Gasteiger partial charge in [0.2, 0.25) is 5.95 Å². The van der Waals surface area contributed by atoms with Crippen molar-refractivity contribution in [3.05, 3.63) is 17.8 Å². The number of nitrogen functional groups attached to an aromatic ring is 1. The van der Waals surface area contributed by atoms with Crippen LogP contribution in [0.5, 0.6) is 0 Å². The lowest BCUT2D eigenvalue weighted by Crippen LogP contribution is -2.09. The van der Waals surface area contributed by atoms with Crippen molar-refractivity contribution in [2.75, 3.05) is 5.73 Å². The minimum absolute atomic E-state index is 0.356. The van der Waals surface area contributed by atoms with Crippen molar-refractivity contribution < 1.29 is 0 Å². The highest BCUT2D eigenvalue weighted by Gasteiger charge is 2.15. The zero-order chi connectivity index (χ0) is 12.4. The monoisotopic (exact) mass is 232 g/mol. The van der Waals surface area contributed by atoms with Crippen LogP contribution in [0.3, 0.4) is 0 Å². The van der Waals surface area contributed by atoms with E-state index < -0.39 is 0 Å². The van der Waals surface area contributed by atoms with Gasteiger partial charge in [0.1, 0.15) is 5.52 Å². The van der Waals surface area contributed by atoms with Crippen LogP contribution in [-0.4, -0.2) is 14.5 Å². The van der Waals surface area contributed by atoms with Gasteiger partial charge >= 0.3 is 0 Å². The summed E-state index contributed by atoms with van der Waals surface area (Å²) in [4.78, 5) is 8.83. The van der Waals surface area contributed by atoms with Crippen LogP contribution < -0.4 is 5.73 Å². The Morgan fingerprint density at radius 2 is 2.24 bits per heavy atom. The van der Waals surface area contributed by atoms with E-state index in [1.165, 1.54) is 12.8 Å². The van der Waals surface area contributed by atoms with Crippen molar-refractivity contribution in [3.63, 3.8) is 0 Å². The number of hydrogen-bond acceptors (Lipinski definition) is 3. The third kappa shape index (κ3) is 2.12. The number of nitrogens with two attached hydrogens (primary N) is 1. The summed E-state index contributed by atoms with van der Waals surface area (Å²) < 4.78 is 2.05. The molecule has 0 fully saturated rings. The fourth-order valence-electron chi connectivity index (χ4n) is 2.19. The minimum atomic E-state index is 0.356. The Balaban J connectivity index is 2.46. The van der Waals surface area contributed by atoms with Crippen LogP contribution in [0.15, 0.2) is 12.3 Å². The van der Waals surface area contributed by atoms with Crippen molar-refractivity contribution in [1.29, 1.82) is 0 Å². The number of pyridine rings is 1. The van der Waals surface area contributed by atoms with Gasteiger partial charge in [-0.25, -0.2) is 9.97 Å². The summed E-state index contributed by atoms with van der Waals surface area (Å²) in [6, 6.07) is 2.32. The van der Waals surface area contributed by atoms with Gasteiger partial charge in [-0.05, 0) is 31.9 Å². The van der Waals surface area contributed by atoms with E-state index in [-0.39, 0.29) is 0 Å². The summed E-state index contributed by atoms with van der Waals surface area (Å²) >= 11 is 0. The second-order valence-corrected chi connectivity index (χ2v) is 4.63. The average molecular weight is 232 g/mol. The third-order valence-electron chi connectivity index (χ3n) is 3.22. The molecule has 1 atom stereocenters. The average Bonchev–Trinajstić information content (AvgIpc) is 2.64. The number of anilines is 1. The zero-order valence-corrected chi connectivity index (χ0v) is 10.8. The third-order valence-corrected chi connectivity index (χ3v) is 3.22. The molecule has 2 N–H and O–H groups in total. The van der Waals surface area contributed by atoms with E-state index in [0.29, 0.717) is 12.0 Å². The van der Waals surface area contributed by atoms with Gasteiger partial charge in [-0.2, -0.15) is 0 Å². The maximum Gasteiger partial charge on any atom is 0.202 e. The second-order valence-electron chi connectivity index (χ2n) is 4.63. The summed E-state index contributed by atoms with van der Waals surface area (Å²) in [6.45, 7) is 6.42. The number of rotatable bonds is 4. The molecule has 17 heavy (non-hydrogen) atoms. The Bertz CT molecular complexity index is 515. The van der Waals surface area contributed by atoms with E-state index >= 15 is 0 Å². The molecule has 2 rings (SSSR count). The van der Waals surface area contributed by atoms with Crippen molar-refractivity contribution in [2.45, 2.75) is 46.1 Å². The Morgan fingerprint density at radius 1 is 1.47 bits per heavy atom. The molecule has 4 nitrogen and oxygen atoms in total. The first-order valence-corrected chi connectivity index (χ1v) is 6.24. The smallest absolute Gasteiger partial charge is 0.202 e. The first kappa shape index (κ1) is 11.9. The largest absolute Gasteiger partial charge is 0.369 e. The highest BCUT2D eigenvalue weighted by molar-refractivity contribution is 5.77. The van der Waals surface area contributed by atoms with Crippen molar-refractivity contribution in [2.24, 2.45) is 0 Å². The number of nitrogens with zero attached hydrogens (tertiary/aromatic N) is 3. The van der Waals surface area contributed by atoms with Crippen LogP contribution in [0, 0.1) is 6.92 Å². The van der Waals surface area contributed by atoms with Crippen molar-refractivity contribution in [3.8, 4) is 0 Å². The molecule has 0 aliphatic carbocycles. The standard InChI is InChI=1S/C13H20N4/c1-4-5-6-10(3)17-12-11(16-13(17)14)9(2)7-8-15-12/h7-8,10H,4-6H2,1-3H3,(H2,14,16). The van der Waals surface area contributed by atoms with E-state index in [1.54, 1.807) is 0 Å². The molecule has 2 aromatic rings. The number of fused-ring (bicyclic) bond motifs is 1. The molecule has 0 saturated heterocycles. The molecule has 0 saturated carbocycles. The Labute approximate surface area is 102 Å². The predicted molar refractivity (Wildman–Crippen MR) is 70.9 cm³/mol. The lowest BCUT2D eigenvalue weighted by atomic mass is 10.1. The number of imidazole rings is 1. The molecule has 4 heteroatoms. The summed E-state index contributed by atoms with van der Waals surface area (Å²) in [5.74, 6) is 0.574. The van der Waals surface area contributed by atoms with Crippen LogP contribution >= 0.6 is 0 Å². The Morgan fingerprint density at radius 3 is 2.94 bits per heavy atom. The molecule has 0 spiro atoms. The van der Waals surface area contributed by atoms with Gasteiger partial charge in [-0.3, -0.25) is 4.57 Å². The van der Waals surface area contributed by atoms with E-state index in [1.807, 2.05) is 19.2 Å². The normalized spacial score (nSPS) is 13.1. The summed E-state index contributed by atoms with van der Waals surface area (Å²) in [5.41, 5.74) is 8.97. The number of hydrogen-bond donors (Lipinski definition) is 1. The fraction of sp³-hybridized carbons (Fsp3) is 0.538. The first-order chi connectivity index (χ1) is 8.15. The van der Waals surface area contributed by atoms with Crippen LogP contribution in [0.1, 0.15) is 44.7 Å². The zero-order valence-electron chi connectivity index (χ0n) is 10.8. The van der Waals surface area contributed by atoms with E-state index in [0.717, 1.165) is 23.1 Å². The number of aromatic nitrogens is 3. The van der Waals surface area contributed by atoms with Crippen LogP contribution in [0.2, 0.25) is 0 Å². The van der Waals surface area contributed by atoms with E-state index in [4.69, 9.17) is 5.73 Å². The Kier molecular flexibility index (Phi) is 3.31. The highest BCUT2D eigenvalue weighted by atomic mass is 15.2. The molecule has 92 valence electrons. The topological polar surface area (TPSA) is 56.7 Å². The lowest BCUT2D eigenvalue weighted by Gasteiger charge is -2.14. The Hall–Kier alpha value is -1.58. The minimum Gasteiger partial charge on any atom is -0.369 e. The molecular formula is C13H20N4. The van der Waals surface area contributed by atoms with Gasteiger partial charge in [0, 0.05) is 12.2 Å². The van der Waals surface area contributed by atoms with Crippen LogP contribution in [0.4, 0.5) is 5.95 Å². The maximum atomic E-state index is 6.01. The van der Waals surface area contributed by atoms with Gasteiger partial charge in [-0.1, -0.05) is 19.8 Å². The molecule has 2 heterocycles. The molecule has 1 unspecified atom stereocenters. The van der Waals surface area contributed by atoms with Gasteiger partial charge in [0.05, 0.1) is 0 Å². The highest BCUT2D eigenvalue weighted by Crippen LogP contribution is 2.25. The number of unbranched alkanes of at least 4 members (excludes halogenated alkanes) is 1. The number of aryl methyl sites for hydroxylation is 1. The van der Waals surface area contributed by atoms with Gasteiger partial charge < -0.3 is 5.73 Å². The van der Waals surface area contributed by atoms with E-state index in [2.05, 4.69) is 28.4 Å².